The number of nitrogens with one attached hydrogen (secondary N) is 1. The molecule has 1 aliphatic heterocycles. The van der Waals surface area contributed by atoms with Crippen molar-refractivity contribution in [3.8, 4) is 5.82 Å². The zero-order chi connectivity index (χ0) is 21.2. The average molecular weight is 417 g/mol. The maximum atomic E-state index is 12.9. The van der Waals surface area contributed by atoms with E-state index in [1.165, 1.54) is 12.7 Å². The van der Waals surface area contributed by atoms with E-state index in [0.29, 0.717) is 23.8 Å². The molecular formula is C21H19N7O3. The van der Waals surface area contributed by atoms with Gasteiger partial charge >= 0.3 is 5.63 Å². The molecule has 31 heavy (non-hydrogen) atoms. The number of para-hydroxylation sites is 1. The lowest BCUT2D eigenvalue weighted by Crippen LogP contribution is -2.41. The van der Waals surface area contributed by atoms with Crippen molar-refractivity contribution in [3.63, 3.8) is 0 Å². The zero-order valence-corrected chi connectivity index (χ0v) is 16.5. The Morgan fingerprint density at radius 2 is 2.00 bits per heavy atom. The molecule has 1 N–H and O–H groups in total. The fourth-order valence-corrected chi connectivity index (χ4v) is 3.75. The first-order valence-electron chi connectivity index (χ1n) is 9.93. The van der Waals surface area contributed by atoms with E-state index in [9.17, 15) is 9.59 Å². The fourth-order valence-electron chi connectivity index (χ4n) is 3.75. The molecular weight excluding hydrogens is 398 g/mol. The minimum absolute atomic E-state index is 0.149. The van der Waals surface area contributed by atoms with E-state index < -0.39 is 5.63 Å². The van der Waals surface area contributed by atoms with Crippen molar-refractivity contribution >= 4 is 28.4 Å². The lowest BCUT2D eigenvalue weighted by molar-refractivity contribution is -0.120. The molecule has 1 saturated heterocycles. The highest BCUT2D eigenvalue weighted by Gasteiger charge is 2.27. The van der Waals surface area contributed by atoms with Crippen molar-refractivity contribution in [2.75, 3.05) is 23.3 Å². The molecule has 1 fully saturated rings. The number of anilines is 2. The Kier molecular flexibility index (Phi) is 4.87. The van der Waals surface area contributed by atoms with Crippen molar-refractivity contribution < 1.29 is 9.21 Å². The van der Waals surface area contributed by atoms with Crippen LogP contribution in [-0.2, 0) is 4.79 Å². The molecule has 4 aromatic rings. The molecule has 0 radical (unpaired) electrons. The third kappa shape index (κ3) is 3.87. The predicted molar refractivity (Wildman–Crippen MR) is 113 cm³/mol. The van der Waals surface area contributed by atoms with E-state index in [2.05, 4.69) is 25.4 Å². The monoisotopic (exact) mass is 417 g/mol. The van der Waals surface area contributed by atoms with Crippen molar-refractivity contribution in [2.24, 2.45) is 5.92 Å². The number of fused-ring (bicyclic) bond motifs is 1. The van der Waals surface area contributed by atoms with Gasteiger partial charge in [0.05, 0.1) is 5.92 Å². The standard InChI is InChI=1S/C21H19N7O3/c29-20(26-16-8-14-4-1-2-6-17(14)31-21(16)30)15-5-3-7-27(10-15)18-9-19(24-12-23-18)28-13-22-11-25-28/h1-2,4,6,8-9,11-13,15H,3,5,7,10H2,(H,26,29). The number of carbonyl (C=O) groups excluding carboxylic acids is 1. The van der Waals surface area contributed by atoms with Gasteiger partial charge in [-0.25, -0.2) is 24.4 Å². The molecule has 3 aromatic heterocycles. The maximum Gasteiger partial charge on any atom is 0.360 e. The van der Waals surface area contributed by atoms with Gasteiger partial charge in [-0.2, -0.15) is 5.10 Å². The molecule has 1 aliphatic rings. The normalized spacial score (nSPS) is 16.4. The molecule has 156 valence electrons. The first kappa shape index (κ1) is 18.9. The van der Waals surface area contributed by atoms with E-state index in [4.69, 9.17) is 4.42 Å². The van der Waals surface area contributed by atoms with E-state index in [-0.39, 0.29) is 17.5 Å². The van der Waals surface area contributed by atoms with Crippen LogP contribution < -0.4 is 15.8 Å². The van der Waals surface area contributed by atoms with Gasteiger partial charge in [0.2, 0.25) is 5.91 Å². The van der Waals surface area contributed by atoms with Crippen molar-refractivity contribution in [2.45, 2.75) is 12.8 Å². The van der Waals surface area contributed by atoms with Gasteiger partial charge in [0.15, 0.2) is 5.82 Å². The number of hydrogen-bond acceptors (Lipinski definition) is 8. The van der Waals surface area contributed by atoms with Gasteiger partial charge in [-0.05, 0) is 25.0 Å². The summed E-state index contributed by atoms with van der Waals surface area (Å²) in [5, 5.41) is 7.59. The first-order valence-corrected chi connectivity index (χ1v) is 9.93. The van der Waals surface area contributed by atoms with Gasteiger partial charge in [0.25, 0.3) is 0 Å². The van der Waals surface area contributed by atoms with E-state index in [1.54, 1.807) is 29.2 Å². The first-order chi connectivity index (χ1) is 15.2. The van der Waals surface area contributed by atoms with Gasteiger partial charge in [0, 0.05) is 24.5 Å². The van der Waals surface area contributed by atoms with Gasteiger partial charge in [-0.3, -0.25) is 4.79 Å². The largest absolute Gasteiger partial charge is 0.421 e. The number of amides is 1. The van der Waals surface area contributed by atoms with Crippen LogP contribution in [0.1, 0.15) is 12.8 Å². The Balaban J connectivity index is 1.33. The predicted octanol–water partition coefficient (Wildman–Crippen LogP) is 2.02. The fraction of sp³-hybridized carbons (Fsp3) is 0.238. The number of aromatic nitrogens is 5. The Hall–Kier alpha value is -4.08. The lowest BCUT2D eigenvalue weighted by atomic mass is 9.97. The number of benzene rings is 1. The Labute approximate surface area is 176 Å². The van der Waals surface area contributed by atoms with Crippen molar-refractivity contribution in [1.29, 1.82) is 0 Å². The molecule has 0 spiro atoms. The highest BCUT2D eigenvalue weighted by Crippen LogP contribution is 2.24. The Morgan fingerprint density at radius 3 is 2.87 bits per heavy atom. The molecule has 1 amide bonds. The summed E-state index contributed by atoms with van der Waals surface area (Å²) in [5.74, 6) is 0.813. The van der Waals surface area contributed by atoms with Crippen LogP contribution in [0.3, 0.4) is 0 Å². The van der Waals surface area contributed by atoms with Crippen LogP contribution in [0, 0.1) is 5.92 Å². The van der Waals surface area contributed by atoms with Crippen LogP contribution in [0.5, 0.6) is 0 Å². The zero-order valence-electron chi connectivity index (χ0n) is 16.5. The van der Waals surface area contributed by atoms with Crippen LogP contribution >= 0.6 is 0 Å². The molecule has 5 rings (SSSR count). The molecule has 4 heterocycles. The minimum atomic E-state index is -0.562. The SMILES string of the molecule is O=C(Nc1cc2ccccc2oc1=O)C1CCCN(c2cc(-n3cncn3)ncn2)C1. The third-order valence-electron chi connectivity index (χ3n) is 5.31. The van der Waals surface area contributed by atoms with Gasteiger partial charge in [0.1, 0.15) is 36.1 Å². The van der Waals surface area contributed by atoms with Crippen LogP contribution in [0.25, 0.3) is 16.8 Å². The van der Waals surface area contributed by atoms with E-state index >= 15 is 0 Å². The smallest absolute Gasteiger partial charge is 0.360 e. The van der Waals surface area contributed by atoms with Crippen molar-refractivity contribution in [3.05, 3.63) is 65.8 Å². The molecule has 10 heteroatoms. The van der Waals surface area contributed by atoms with Crippen LogP contribution in [0.15, 0.2) is 64.6 Å². The molecule has 0 saturated carbocycles. The molecule has 0 bridgehead atoms. The molecule has 0 aliphatic carbocycles. The number of rotatable bonds is 4. The summed E-state index contributed by atoms with van der Waals surface area (Å²) in [7, 11) is 0. The van der Waals surface area contributed by atoms with E-state index in [1.807, 2.05) is 23.1 Å². The van der Waals surface area contributed by atoms with Crippen LogP contribution in [0.4, 0.5) is 11.5 Å². The van der Waals surface area contributed by atoms with Gasteiger partial charge in [-0.1, -0.05) is 18.2 Å². The maximum absolute atomic E-state index is 12.9. The highest BCUT2D eigenvalue weighted by molar-refractivity contribution is 5.94. The van der Waals surface area contributed by atoms with Crippen molar-refractivity contribution in [1.82, 2.24) is 24.7 Å². The second kappa shape index (κ2) is 7.98. The second-order valence-corrected chi connectivity index (χ2v) is 7.33. The summed E-state index contributed by atoms with van der Waals surface area (Å²) in [6.07, 6.45) is 6.02. The summed E-state index contributed by atoms with van der Waals surface area (Å²) in [6.45, 7) is 1.26. The summed E-state index contributed by atoms with van der Waals surface area (Å²) in [5.41, 5.74) is 0.0746. The minimum Gasteiger partial charge on any atom is -0.421 e. The Morgan fingerprint density at radius 1 is 1.13 bits per heavy atom. The lowest BCUT2D eigenvalue weighted by Gasteiger charge is -2.32. The number of carbonyl (C=O) groups is 1. The molecule has 1 atom stereocenters. The number of piperidine rings is 1. The van der Waals surface area contributed by atoms with Gasteiger partial charge in [-0.15, -0.1) is 0 Å². The Bertz CT molecular complexity index is 1290. The summed E-state index contributed by atoms with van der Waals surface area (Å²) < 4.78 is 6.86. The van der Waals surface area contributed by atoms with Crippen LogP contribution in [-0.4, -0.2) is 43.7 Å². The number of nitrogens with zero attached hydrogens (tertiary/aromatic N) is 6. The number of hydrogen-bond donors (Lipinski definition) is 1. The highest BCUT2D eigenvalue weighted by atomic mass is 16.4. The summed E-state index contributed by atoms with van der Waals surface area (Å²) in [4.78, 5) is 39.7. The third-order valence-corrected chi connectivity index (χ3v) is 5.31. The topological polar surface area (TPSA) is 119 Å². The van der Waals surface area contributed by atoms with Crippen LogP contribution in [0.2, 0.25) is 0 Å². The average Bonchev–Trinajstić information content (AvgIpc) is 3.35. The molecule has 1 unspecified atom stereocenters. The molecule has 10 nitrogen and oxygen atoms in total. The quantitative estimate of drug-likeness (QED) is 0.501. The second-order valence-electron chi connectivity index (χ2n) is 7.33. The van der Waals surface area contributed by atoms with E-state index in [0.717, 1.165) is 24.8 Å². The summed E-state index contributed by atoms with van der Waals surface area (Å²) in [6, 6.07) is 10.7. The summed E-state index contributed by atoms with van der Waals surface area (Å²) >= 11 is 0. The van der Waals surface area contributed by atoms with Gasteiger partial charge < -0.3 is 14.6 Å². The molecule has 1 aromatic carbocycles.